The fourth-order valence-electron chi connectivity index (χ4n) is 2.82. The van der Waals surface area contributed by atoms with Crippen LogP contribution in [-0.2, 0) is 6.42 Å². The first-order valence-electron chi connectivity index (χ1n) is 7.15. The number of pyridine rings is 2. The number of nitrogens with zero attached hydrogens (tertiary/aromatic N) is 3. The van der Waals surface area contributed by atoms with Gasteiger partial charge in [-0.15, -0.1) is 0 Å². The van der Waals surface area contributed by atoms with E-state index in [1.807, 2.05) is 30.5 Å². The van der Waals surface area contributed by atoms with Crippen LogP contribution in [-0.4, -0.2) is 16.5 Å². The van der Waals surface area contributed by atoms with Gasteiger partial charge in [0.1, 0.15) is 0 Å². The highest BCUT2D eigenvalue weighted by atomic mass is 15.2. The molecule has 4 rings (SSSR count). The van der Waals surface area contributed by atoms with Gasteiger partial charge in [-0.1, -0.05) is 24.3 Å². The van der Waals surface area contributed by atoms with Gasteiger partial charge in [0, 0.05) is 18.4 Å². The molecule has 0 atom stereocenters. The second-order valence-electron chi connectivity index (χ2n) is 5.15. The van der Waals surface area contributed by atoms with Gasteiger partial charge in [-0.05, 0) is 42.3 Å². The molecule has 1 aliphatic heterocycles. The van der Waals surface area contributed by atoms with E-state index in [0.717, 1.165) is 30.0 Å². The quantitative estimate of drug-likeness (QED) is 0.710. The summed E-state index contributed by atoms with van der Waals surface area (Å²) in [5.41, 5.74) is 5.66. The van der Waals surface area contributed by atoms with Crippen molar-refractivity contribution in [2.75, 3.05) is 11.4 Å². The maximum atomic E-state index is 4.56. The molecule has 0 aliphatic carbocycles. The van der Waals surface area contributed by atoms with Crippen LogP contribution < -0.4 is 4.90 Å². The summed E-state index contributed by atoms with van der Waals surface area (Å²) in [4.78, 5) is 11.2. The first-order chi connectivity index (χ1) is 10.4. The van der Waals surface area contributed by atoms with Crippen LogP contribution in [0.25, 0.3) is 11.4 Å². The molecule has 0 amide bonds. The Hall–Kier alpha value is -2.68. The molecule has 0 unspecified atom stereocenters. The van der Waals surface area contributed by atoms with Crippen molar-refractivity contribution < 1.29 is 0 Å². The van der Waals surface area contributed by atoms with E-state index in [9.17, 15) is 0 Å². The first kappa shape index (κ1) is 12.1. The SMILES string of the molecule is c1ccc(-c2ccc(N3CCc4ccccc43)cn2)nc1. The van der Waals surface area contributed by atoms with Gasteiger partial charge in [0.05, 0.1) is 23.3 Å². The van der Waals surface area contributed by atoms with Gasteiger partial charge in [-0.2, -0.15) is 0 Å². The molecule has 0 N–H and O–H groups in total. The Kier molecular flexibility index (Phi) is 2.89. The number of benzene rings is 1. The van der Waals surface area contributed by atoms with Crippen LogP contribution in [0.4, 0.5) is 11.4 Å². The molecule has 0 spiro atoms. The fraction of sp³-hybridized carbons (Fsp3) is 0.111. The van der Waals surface area contributed by atoms with E-state index in [-0.39, 0.29) is 0 Å². The lowest BCUT2D eigenvalue weighted by Gasteiger charge is -2.19. The third-order valence-corrected chi connectivity index (χ3v) is 3.87. The first-order valence-corrected chi connectivity index (χ1v) is 7.15. The number of para-hydroxylation sites is 1. The topological polar surface area (TPSA) is 29.0 Å². The van der Waals surface area contributed by atoms with Crippen LogP contribution in [0, 0.1) is 0 Å². The summed E-state index contributed by atoms with van der Waals surface area (Å²) >= 11 is 0. The molecule has 1 aromatic carbocycles. The number of hydrogen-bond acceptors (Lipinski definition) is 3. The molecule has 2 aromatic heterocycles. The second-order valence-corrected chi connectivity index (χ2v) is 5.15. The summed E-state index contributed by atoms with van der Waals surface area (Å²) in [6, 6.07) is 18.6. The highest BCUT2D eigenvalue weighted by Gasteiger charge is 2.19. The van der Waals surface area contributed by atoms with Gasteiger partial charge in [0.2, 0.25) is 0 Å². The van der Waals surface area contributed by atoms with E-state index in [2.05, 4.69) is 45.2 Å². The Morgan fingerprint density at radius 1 is 0.810 bits per heavy atom. The second kappa shape index (κ2) is 5.02. The van der Waals surface area contributed by atoms with Crippen LogP contribution in [0.1, 0.15) is 5.56 Å². The van der Waals surface area contributed by atoms with Gasteiger partial charge in [-0.25, -0.2) is 0 Å². The Balaban J connectivity index is 1.66. The Morgan fingerprint density at radius 2 is 1.67 bits per heavy atom. The predicted molar refractivity (Wildman–Crippen MR) is 84.6 cm³/mol. The van der Waals surface area contributed by atoms with Crippen LogP contribution in [0.3, 0.4) is 0 Å². The minimum Gasteiger partial charge on any atom is -0.340 e. The van der Waals surface area contributed by atoms with Crippen LogP contribution in [0.15, 0.2) is 67.0 Å². The third-order valence-electron chi connectivity index (χ3n) is 3.87. The van der Waals surface area contributed by atoms with Crippen molar-refractivity contribution in [1.29, 1.82) is 0 Å². The zero-order valence-corrected chi connectivity index (χ0v) is 11.6. The van der Waals surface area contributed by atoms with Crippen molar-refractivity contribution in [2.24, 2.45) is 0 Å². The minimum atomic E-state index is 0.908. The average Bonchev–Trinajstić information content (AvgIpc) is 3.00. The smallest absolute Gasteiger partial charge is 0.0887 e. The summed E-state index contributed by atoms with van der Waals surface area (Å²) < 4.78 is 0. The predicted octanol–water partition coefficient (Wildman–Crippen LogP) is 3.84. The molecule has 3 heterocycles. The summed E-state index contributed by atoms with van der Waals surface area (Å²) in [6.07, 6.45) is 4.83. The van der Waals surface area contributed by atoms with Crippen LogP contribution in [0.5, 0.6) is 0 Å². The lowest BCUT2D eigenvalue weighted by Crippen LogP contribution is -2.13. The molecule has 3 nitrogen and oxygen atoms in total. The van der Waals surface area contributed by atoms with Gasteiger partial charge in [0.25, 0.3) is 0 Å². The Labute approximate surface area is 123 Å². The number of hydrogen-bond donors (Lipinski definition) is 0. The minimum absolute atomic E-state index is 0.908. The van der Waals surface area contributed by atoms with Crippen molar-refractivity contribution in [3.63, 3.8) is 0 Å². The normalized spacial score (nSPS) is 13.2. The highest BCUT2D eigenvalue weighted by Crippen LogP contribution is 2.34. The number of aromatic nitrogens is 2. The van der Waals surface area contributed by atoms with E-state index < -0.39 is 0 Å². The molecule has 0 saturated carbocycles. The monoisotopic (exact) mass is 273 g/mol. The Morgan fingerprint density at radius 3 is 2.48 bits per heavy atom. The molecular formula is C18H15N3. The summed E-state index contributed by atoms with van der Waals surface area (Å²) in [6.45, 7) is 1.02. The summed E-state index contributed by atoms with van der Waals surface area (Å²) in [5, 5.41) is 0. The van der Waals surface area contributed by atoms with Crippen molar-refractivity contribution in [1.82, 2.24) is 9.97 Å². The molecule has 21 heavy (non-hydrogen) atoms. The molecule has 3 aromatic rings. The zero-order chi connectivity index (χ0) is 14.1. The average molecular weight is 273 g/mol. The standard InChI is InChI=1S/C18H15N3/c1-2-7-18-14(5-1)10-12-21(18)15-8-9-17(20-13-15)16-6-3-4-11-19-16/h1-9,11,13H,10,12H2. The molecule has 0 saturated heterocycles. The van der Waals surface area contributed by atoms with Crippen LogP contribution in [0.2, 0.25) is 0 Å². The van der Waals surface area contributed by atoms with E-state index in [4.69, 9.17) is 0 Å². The van der Waals surface area contributed by atoms with Crippen molar-refractivity contribution in [2.45, 2.75) is 6.42 Å². The molecule has 0 fully saturated rings. The van der Waals surface area contributed by atoms with Crippen LogP contribution >= 0.6 is 0 Å². The molecule has 0 bridgehead atoms. The molecule has 0 radical (unpaired) electrons. The lowest BCUT2D eigenvalue weighted by molar-refractivity contribution is 0.993. The maximum absolute atomic E-state index is 4.56. The van der Waals surface area contributed by atoms with E-state index in [1.54, 1.807) is 6.20 Å². The Bertz CT molecular complexity index is 751. The molecular weight excluding hydrogens is 258 g/mol. The number of fused-ring (bicyclic) bond motifs is 1. The van der Waals surface area contributed by atoms with Crippen molar-refractivity contribution in [3.8, 4) is 11.4 Å². The number of rotatable bonds is 2. The number of anilines is 2. The van der Waals surface area contributed by atoms with Crippen molar-refractivity contribution >= 4 is 11.4 Å². The maximum Gasteiger partial charge on any atom is 0.0887 e. The van der Waals surface area contributed by atoms with E-state index in [0.29, 0.717) is 0 Å². The van der Waals surface area contributed by atoms with E-state index >= 15 is 0 Å². The van der Waals surface area contributed by atoms with Gasteiger partial charge in [0.15, 0.2) is 0 Å². The lowest BCUT2D eigenvalue weighted by atomic mass is 10.2. The largest absolute Gasteiger partial charge is 0.340 e. The summed E-state index contributed by atoms with van der Waals surface area (Å²) in [7, 11) is 0. The fourth-order valence-corrected chi connectivity index (χ4v) is 2.82. The zero-order valence-electron chi connectivity index (χ0n) is 11.6. The van der Waals surface area contributed by atoms with Gasteiger partial charge in [-0.3, -0.25) is 9.97 Å². The van der Waals surface area contributed by atoms with Gasteiger partial charge < -0.3 is 4.90 Å². The van der Waals surface area contributed by atoms with E-state index in [1.165, 1.54) is 11.3 Å². The van der Waals surface area contributed by atoms with Crippen molar-refractivity contribution in [3.05, 3.63) is 72.6 Å². The molecule has 1 aliphatic rings. The van der Waals surface area contributed by atoms with Gasteiger partial charge >= 0.3 is 0 Å². The molecule has 102 valence electrons. The summed E-state index contributed by atoms with van der Waals surface area (Å²) in [5.74, 6) is 0. The molecule has 3 heteroatoms. The highest BCUT2D eigenvalue weighted by molar-refractivity contribution is 5.70. The third kappa shape index (κ3) is 2.17.